The standard InChI is InChI=1S/C20H18BrN3O5S/c1-28-18-8-5-15(10-19(18)29-2)23-20(25)13-9-16(12-22-11-13)24-30(26,27)17-6-3-14(21)4-7-17/h3-12,24H,1-2H3,(H,23,25). The number of benzene rings is 2. The van der Waals surface area contributed by atoms with Gasteiger partial charge in [-0.15, -0.1) is 0 Å². The Hall–Kier alpha value is -3.11. The molecule has 0 aliphatic rings. The van der Waals surface area contributed by atoms with Gasteiger partial charge in [0, 0.05) is 22.4 Å². The second kappa shape index (κ2) is 9.14. The number of nitrogens with zero attached hydrogens (tertiary/aromatic N) is 1. The summed E-state index contributed by atoms with van der Waals surface area (Å²) in [5, 5.41) is 2.72. The molecular formula is C20H18BrN3O5S. The van der Waals surface area contributed by atoms with E-state index in [2.05, 4.69) is 31.0 Å². The van der Waals surface area contributed by atoms with Gasteiger partial charge in [-0.2, -0.15) is 0 Å². The van der Waals surface area contributed by atoms with Crippen LogP contribution in [-0.2, 0) is 10.0 Å². The lowest BCUT2D eigenvalue weighted by Crippen LogP contribution is -2.15. The average Bonchev–Trinajstić information content (AvgIpc) is 2.73. The van der Waals surface area contributed by atoms with Crippen LogP contribution in [0.15, 0.2) is 70.3 Å². The van der Waals surface area contributed by atoms with Crippen molar-refractivity contribution < 1.29 is 22.7 Å². The van der Waals surface area contributed by atoms with E-state index >= 15 is 0 Å². The quantitative estimate of drug-likeness (QED) is 0.518. The molecule has 0 saturated heterocycles. The Morgan fingerprint density at radius 2 is 1.63 bits per heavy atom. The normalized spacial score (nSPS) is 10.9. The van der Waals surface area contributed by atoms with Gasteiger partial charge in [0.1, 0.15) is 0 Å². The van der Waals surface area contributed by atoms with Crippen LogP contribution >= 0.6 is 15.9 Å². The Labute approximate surface area is 182 Å². The summed E-state index contributed by atoms with van der Waals surface area (Å²) in [6.07, 6.45) is 2.66. The van der Waals surface area contributed by atoms with Crippen molar-refractivity contribution >= 4 is 43.2 Å². The summed E-state index contributed by atoms with van der Waals surface area (Å²) < 4.78 is 38.6. The van der Waals surface area contributed by atoms with Gasteiger partial charge in [0.2, 0.25) is 0 Å². The van der Waals surface area contributed by atoms with E-state index in [1.54, 1.807) is 30.3 Å². The number of methoxy groups -OCH3 is 2. The maximum absolute atomic E-state index is 12.6. The molecule has 0 unspecified atom stereocenters. The van der Waals surface area contributed by atoms with Crippen LogP contribution in [0.4, 0.5) is 11.4 Å². The SMILES string of the molecule is COc1ccc(NC(=O)c2cncc(NS(=O)(=O)c3ccc(Br)cc3)c2)cc1OC. The fraction of sp³-hybridized carbons (Fsp3) is 0.100. The van der Waals surface area contributed by atoms with Crippen molar-refractivity contribution in [2.24, 2.45) is 0 Å². The zero-order valence-electron chi connectivity index (χ0n) is 16.0. The van der Waals surface area contributed by atoms with Gasteiger partial charge in [-0.25, -0.2) is 8.42 Å². The molecule has 0 radical (unpaired) electrons. The lowest BCUT2D eigenvalue weighted by molar-refractivity contribution is 0.102. The number of amides is 1. The molecule has 0 saturated carbocycles. The van der Waals surface area contributed by atoms with Gasteiger partial charge >= 0.3 is 0 Å². The molecule has 1 aromatic heterocycles. The molecule has 0 spiro atoms. The first-order valence-electron chi connectivity index (χ1n) is 8.59. The minimum Gasteiger partial charge on any atom is -0.493 e. The van der Waals surface area contributed by atoms with E-state index < -0.39 is 15.9 Å². The van der Waals surface area contributed by atoms with E-state index in [0.29, 0.717) is 17.2 Å². The number of hydrogen-bond donors (Lipinski definition) is 2. The molecule has 8 nitrogen and oxygen atoms in total. The first-order valence-corrected chi connectivity index (χ1v) is 10.9. The summed E-state index contributed by atoms with van der Waals surface area (Å²) in [5.41, 5.74) is 0.831. The highest BCUT2D eigenvalue weighted by atomic mass is 79.9. The third kappa shape index (κ3) is 5.08. The van der Waals surface area contributed by atoms with E-state index in [-0.39, 0.29) is 16.1 Å². The fourth-order valence-corrected chi connectivity index (χ4v) is 3.86. The number of halogens is 1. The number of carbonyl (C=O) groups is 1. The average molecular weight is 492 g/mol. The second-order valence-corrected chi connectivity index (χ2v) is 8.64. The van der Waals surface area contributed by atoms with Crippen molar-refractivity contribution in [3.05, 3.63) is 71.0 Å². The Morgan fingerprint density at radius 1 is 0.933 bits per heavy atom. The first kappa shape index (κ1) is 21.6. The van der Waals surface area contributed by atoms with Gasteiger partial charge in [0.15, 0.2) is 11.5 Å². The van der Waals surface area contributed by atoms with Crippen LogP contribution in [-0.4, -0.2) is 33.5 Å². The van der Waals surface area contributed by atoms with Gasteiger partial charge in [0.25, 0.3) is 15.9 Å². The van der Waals surface area contributed by atoms with Crippen LogP contribution in [0, 0.1) is 0 Å². The maximum Gasteiger partial charge on any atom is 0.261 e. The predicted molar refractivity (Wildman–Crippen MR) is 117 cm³/mol. The third-order valence-electron chi connectivity index (χ3n) is 4.02. The fourth-order valence-electron chi connectivity index (χ4n) is 2.56. The summed E-state index contributed by atoms with van der Waals surface area (Å²) in [5.74, 6) is 0.533. The molecule has 2 aromatic carbocycles. The molecule has 0 atom stereocenters. The van der Waals surface area contributed by atoms with Gasteiger partial charge in [-0.05, 0) is 42.5 Å². The van der Waals surface area contributed by atoms with Crippen LogP contribution in [0.25, 0.3) is 0 Å². The Morgan fingerprint density at radius 3 is 2.30 bits per heavy atom. The molecule has 10 heteroatoms. The Balaban J connectivity index is 1.78. The summed E-state index contributed by atoms with van der Waals surface area (Å²) in [7, 11) is -0.810. The summed E-state index contributed by atoms with van der Waals surface area (Å²) in [6, 6.07) is 12.5. The van der Waals surface area contributed by atoms with E-state index in [4.69, 9.17) is 9.47 Å². The second-order valence-electron chi connectivity index (χ2n) is 6.05. The summed E-state index contributed by atoms with van der Waals surface area (Å²) in [6.45, 7) is 0. The highest BCUT2D eigenvalue weighted by molar-refractivity contribution is 9.10. The Bertz CT molecular complexity index is 1170. The Kier molecular flexibility index (Phi) is 6.58. The van der Waals surface area contributed by atoms with E-state index in [1.165, 1.54) is 44.8 Å². The molecule has 3 aromatic rings. The molecule has 30 heavy (non-hydrogen) atoms. The number of pyridine rings is 1. The highest BCUT2D eigenvalue weighted by Gasteiger charge is 2.16. The van der Waals surface area contributed by atoms with Crippen LogP contribution in [0.3, 0.4) is 0 Å². The van der Waals surface area contributed by atoms with Crippen LogP contribution in [0.5, 0.6) is 11.5 Å². The van der Waals surface area contributed by atoms with E-state index in [0.717, 1.165) is 4.47 Å². The minimum absolute atomic E-state index is 0.0888. The van der Waals surface area contributed by atoms with Crippen molar-refractivity contribution in [2.75, 3.05) is 24.3 Å². The number of carbonyl (C=O) groups excluding carboxylic acids is 1. The van der Waals surface area contributed by atoms with Crippen molar-refractivity contribution in [1.82, 2.24) is 4.98 Å². The van der Waals surface area contributed by atoms with E-state index in [1.807, 2.05) is 0 Å². The molecular weight excluding hydrogens is 474 g/mol. The molecule has 0 fully saturated rings. The molecule has 1 heterocycles. The van der Waals surface area contributed by atoms with Crippen molar-refractivity contribution in [2.45, 2.75) is 4.90 Å². The molecule has 0 aliphatic carbocycles. The first-order chi connectivity index (χ1) is 14.3. The third-order valence-corrected chi connectivity index (χ3v) is 5.94. The van der Waals surface area contributed by atoms with Crippen LogP contribution in [0.2, 0.25) is 0 Å². The molecule has 0 bridgehead atoms. The number of rotatable bonds is 7. The van der Waals surface area contributed by atoms with Crippen molar-refractivity contribution in [1.29, 1.82) is 0 Å². The zero-order chi connectivity index (χ0) is 21.7. The minimum atomic E-state index is -3.82. The van der Waals surface area contributed by atoms with Gasteiger partial charge in [-0.1, -0.05) is 15.9 Å². The topological polar surface area (TPSA) is 107 Å². The number of aromatic nitrogens is 1. The van der Waals surface area contributed by atoms with Crippen molar-refractivity contribution in [3.8, 4) is 11.5 Å². The maximum atomic E-state index is 12.6. The molecule has 0 aliphatic heterocycles. The monoisotopic (exact) mass is 491 g/mol. The lowest BCUT2D eigenvalue weighted by atomic mass is 10.2. The smallest absolute Gasteiger partial charge is 0.261 e. The summed E-state index contributed by atoms with van der Waals surface area (Å²) >= 11 is 3.26. The molecule has 1 amide bonds. The largest absolute Gasteiger partial charge is 0.493 e. The van der Waals surface area contributed by atoms with Gasteiger partial charge in [0.05, 0.1) is 36.6 Å². The molecule has 156 valence electrons. The summed E-state index contributed by atoms with van der Waals surface area (Å²) in [4.78, 5) is 16.6. The molecule has 3 rings (SSSR count). The van der Waals surface area contributed by atoms with Crippen LogP contribution in [0.1, 0.15) is 10.4 Å². The lowest BCUT2D eigenvalue weighted by Gasteiger charge is -2.11. The number of hydrogen-bond acceptors (Lipinski definition) is 6. The van der Waals surface area contributed by atoms with E-state index in [9.17, 15) is 13.2 Å². The van der Waals surface area contributed by atoms with Gasteiger partial charge in [-0.3, -0.25) is 14.5 Å². The van der Waals surface area contributed by atoms with Crippen LogP contribution < -0.4 is 19.5 Å². The highest BCUT2D eigenvalue weighted by Crippen LogP contribution is 2.30. The van der Waals surface area contributed by atoms with Gasteiger partial charge < -0.3 is 14.8 Å². The number of ether oxygens (including phenoxy) is 2. The number of sulfonamides is 1. The number of nitrogens with one attached hydrogen (secondary N) is 2. The number of anilines is 2. The zero-order valence-corrected chi connectivity index (χ0v) is 18.5. The predicted octanol–water partition coefficient (Wildman–Crippen LogP) is 3.91. The van der Waals surface area contributed by atoms with Crippen molar-refractivity contribution in [3.63, 3.8) is 0 Å². The molecule has 2 N–H and O–H groups in total.